The van der Waals surface area contributed by atoms with Crippen LogP contribution in [0.5, 0.6) is 5.75 Å². The molecule has 1 unspecified atom stereocenters. The molecule has 4 heteroatoms. The predicted molar refractivity (Wildman–Crippen MR) is 75.0 cm³/mol. The summed E-state index contributed by atoms with van der Waals surface area (Å²) in [6.45, 7) is 6.14. The summed E-state index contributed by atoms with van der Waals surface area (Å²) in [6.07, 6.45) is 0.378. The Morgan fingerprint density at radius 3 is 2.63 bits per heavy atom. The van der Waals surface area contributed by atoms with Gasteiger partial charge in [-0.3, -0.25) is 4.79 Å². The first kappa shape index (κ1) is 15.5. The van der Waals surface area contributed by atoms with Crippen LogP contribution in [0, 0.1) is 12.8 Å². The number of aliphatic hydroxyl groups excluding tert-OH is 1. The van der Waals surface area contributed by atoms with E-state index in [2.05, 4.69) is 5.32 Å². The molecule has 1 rings (SSSR count). The zero-order valence-electron chi connectivity index (χ0n) is 11.8. The molecule has 1 aromatic rings. The van der Waals surface area contributed by atoms with Crippen LogP contribution >= 0.6 is 0 Å². The standard InChI is InChI=1S/C15H23NO3/c1-10(2)6-13(17)9-16-15(19)8-12-5-4-11(3)14(18)7-12/h4-5,7,10,13,17-18H,6,8-9H2,1-3H3,(H,16,19). The molecule has 0 radical (unpaired) electrons. The Morgan fingerprint density at radius 2 is 2.05 bits per heavy atom. The lowest BCUT2D eigenvalue weighted by atomic mass is 10.1. The molecule has 19 heavy (non-hydrogen) atoms. The average molecular weight is 265 g/mol. The van der Waals surface area contributed by atoms with Gasteiger partial charge in [0.1, 0.15) is 5.75 Å². The van der Waals surface area contributed by atoms with Crippen molar-refractivity contribution >= 4 is 5.91 Å². The number of carbonyl (C=O) groups is 1. The minimum atomic E-state index is -0.504. The molecular weight excluding hydrogens is 242 g/mol. The maximum atomic E-state index is 11.7. The lowest BCUT2D eigenvalue weighted by Gasteiger charge is -2.14. The zero-order valence-corrected chi connectivity index (χ0v) is 11.8. The Bertz CT molecular complexity index is 429. The second-order valence-electron chi connectivity index (χ2n) is 5.39. The number of benzene rings is 1. The molecule has 1 amide bonds. The molecule has 0 saturated heterocycles. The van der Waals surface area contributed by atoms with Gasteiger partial charge in [-0.1, -0.05) is 26.0 Å². The predicted octanol–water partition coefficient (Wildman–Crippen LogP) is 1.77. The number of hydrogen-bond donors (Lipinski definition) is 3. The van der Waals surface area contributed by atoms with E-state index >= 15 is 0 Å². The fourth-order valence-corrected chi connectivity index (χ4v) is 1.87. The van der Waals surface area contributed by atoms with E-state index < -0.39 is 6.10 Å². The summed E-state index contributed by atoms with van der Waals surface area (Å²) in [7, 11) is 0. The summed E-state index contributed by atoms with van der Waals surface area (Å²) in [5, 5.41) is 21.9. The van der Waals surface area contributed by atoms with Crippen LogP contribution in [0.4, 0.5) is 0 Å². The summed E-state index contributed by atoms with van der Waals surface area (Å²) < 4.78 is 0. The van der Waals surface area contributed by atoms with Crippen molar-refractivity contribution in [3.05, 3.63) is 29.3 Å². The summed E-state index contributed by atoms with van der Waals surface area (Å²) >= 11 is 0. The van der Waals surface area contributed by atoms with Gasteiger partial charge >= 0.3 is 0 Å². The number of hydrogen-bond acceptors (Lipinski definition) is 3. The van der Waals surface area contributed by atoms with Crippen molar-refractivity contribution in [2.24, 2.45) is 5.92 Å². The minimum absolute atomic E-state index is 0.147. The van der Waals surface area contributed by atoms with Crippen LogP contribution in [-0.2, 0) is 11.2 Å². The first-order chi connectivity index (χ1) is 8.88. The Kier molecular flexibility index (Phi) is 5.83. The molecule has 0 bridgehead atoms. The molecule has 1 atom stereocenters. The zero-order chi connectivity index (χ0) is 14.4. The molecule has 0 aliphatic heterocycles. The van der Waals surface area contributed by atoms with Crippen molar-refractivity contribution in [3.63, 3.8) is 0 Å². The number of phenolic OH excluding ortho intramolecular Hbond substituents is 1. The van der Waals surface area contributed by atoms with Crippen LogP contribution < -0.4 is 5.32 Å². The van der Waals surface area contributed by atoms with Gasteiger partial charge in [0.05, 0.1) is 12.5 Å². The molecular formula is C15H23NO3. The van der Waals surface area contributed by atoms with Gasteiger partial charge in [-0.25, -0.2) is 0 Å². The molecule has 0 aliphatic carbocycles. The molecule has 0 saturated carbocycles. The largest absolute Gasteiger partial charge is 0.508 e. The lowest BCUT2D eigenvalue weighted by molar-refractivity contribution is -0.120. The highest BCUT2D eigenvalue weighted by molar-refractivity contribution is 5.78. The maximum Gasteiger partial charge on any atom is 0.224 e. The molecule has 1 aromatic carbocycles. The second-order valence-corrected chi connectivity index (χ2v) is 5.39. The monoisotopic (exact) mass is 265 g/mol. The van der Waals surface area contributed by atoms with E-state index in [1.54, 1.807) is 12.1 Å². The van der Waals surface area contributed by atoms with Crippen LogP contribution in [0.15, 0.2) is 18.2 Å². The van der Waals surface area contributed by atoms with E-state index in [0.717, 1.165) is 11.1 Å². The van der Waals surface area contributed by atoms with Gasteiger partial charge in [0, 0.05) is 6.54 Å². The Balaban J connectivity index is 2.40. The van der Waals surface area contributed by atoms with Crippen molar-refractivity contribution < 1.29 is 15.0 Å². The van der Waals surface area contributed by atoms with Crippen LogP contribution in [0.2, 0.25) is 0 Å². The van der Waals surface area contributed by atoms with Gasteiger partial charge in [-0.05, 0) is 36.5 Å². The summed E-state index contributed by atoms with van der Waals surface area (Å²) in [5.74, 6) is 0.456. The summed E-state index contributed by atoms with van der Waals surface area (Å²) in [5.41, 5.74) is 1.55. The van der Waals surface area contributed by atoms with E-state index in [4.69, 9.17) is 0 Å². The molecule has 0 spiro atoms. The summed E-state index contributed by atoms with van der Waals surface area (Å²) in [4.78, 5) is 11.7. The number of aromatic hydroxyl groups is 1. The van der Waals surface area contributed by atoms with Crippen LogP contribution in [0.25, 0.3) is 0 Å². The average Bonchev–Trinajstić information content (AvgIpc) is 2.30. The Labute approximate surface area is 114 Å². The summed E-state index contributed by atoms with van der Waals surface area (Å²) in [6, 6.07) is 5.20. The van der Waals surface area contributed by atoms with Crippen molar-refractivity contribution in [3.8, 4) is 5.75 Å². The maximum absolute atomic E-state index is 11.7. The van der Waals surface area contributed by atoms with Crippen LogP contribution in [-0.4, -0.2) is 28.8 Å². The Hall–Kier alpha value is -1.55. The van der Waals surface area contributed by atoms with E-state index in [9.17, 15) is 15.0 Å². The molecule has 0 aliphatic rings. The van der Waals surface area contributed by atoms with Crippen molar-refractivity contribution in [1.29, 1.82) is 0 Å². The second kappa shape index (κ2) is 7.14. The molecule has 0 heterocycles. The van der Waals surface area contributed by atoms with E-state index in [-0.39, 0.29) is 24.6 Å². The highest BCUT2D eigenvalue weighted by atomic mass is 16.3. The molecule has 0 aromatic heterocycles. The Morgan fingerprint density at radius 1 is 1.37 bits per heavy atom. The van der Waals surface area contributed by atoms with Crippen molar-refractivity contribution in [2.75, 3.05) is 6.54 Å². The fourth-order valence-electron chi connectivity index (χ4n) is 1.87. The van der Waals surface area contributed by atoms with Crippen molar-refractivity contribution in [1.82, 2.24) is 5.32 Å². The van der Waals surface area contributed by atoms with Crippen molar-refractivity contribution in [2.45, 2.75) is 39.7 Å². The third-order valence-electron chi connectivity index (χ3n) is 2.92. The third kappa shape index (κ3) is 5.75. The SMILES string of the molecule is Cc1ccc(CC(=O)NCC(O)CC(C)C)cc1O. The van der Waals surface area contributed by atoms with E-state index in [1.165, 1.54) is 0 Å². The molecule has 0 fully saturated rings. The number of aliphatic hydroxyl groups is 1. The fraction of sp³-hybridized carbons (Fsp3) is 0.533. The first-order valence-electron chi connectivity index (χ1n) is 6.61. The van der Waals surface area contributed by atoms with Gasteiger partial charge in [-0.15, -0.1) is 0 Å². The smallest absolute Gasteiger partial charge is 0.224 e. The lowest BCUT2D eigenvalue weighted by Crippen LogP contribution is -2.33. The molecule has 106 valence electrons. The normalized spacial score (nSPS) is 12.5. The highest BCUT2D eigenvalue weighted by Crippen LogP contribution is 2.17. The topological polar surface area (TPSA) is 69.6 Å². The number of aryl methyl sites for hydroxylation is 1. The first-order valence-corrected chi connectivity index (χ1v) is 6.61. The van der Waals surface area contributed by atoms with Gasteiger partial charge in [-0.2, -0.15) is 0 Å². The van der Waals surface area contributed by atoms with E-state index in [0.29, 0.717) is 12.3 Å². The minimum Gasteiger partial charge on any atom is -0.508 e. The number of nitrogens with one attached hydrogen (secondary N) is 1. The van der Waals surface area contributed by atoms with Gasteiger partial charge in [0.25, 0.3) is 0 Å². The quantitative estimate of drug-likeness (QED) is 0.734. The molecule has 4 nitrogen and oxygen atoms in total. The highest BCUT2D eigenvalue weighted by Gasteiger charge is 2.10. The number of phenols is 1. The van der Waals surface area contributed by atoms with Gasteiger partial charge < -0.3 is 15.5 Å². The van der Waals surface area contributed by atoms with Gasteiger partial charge in [0.2, 0.25) is 5.91 Å². The van der Waals surface area contributed by atoms with E-state index in [1.807, 2.05) is 26.8 Å². The number of amides is 1. The van der Waals surface area contributed by atoms with Crippen LogP contribution in [0.3, 0.4) is 0 Å². The van der Waals surface area contributed by atoms with Crippen LogP contribution in [0.1, 0.15) is 31.4 Å². The third-order valence-corrected chi connectivity index (χ3v) is 2.92. The molecule has 3 N–H and O–H groups in total. The van der Waals surface area contributed by atoms with Gasteiger partial charge in [0.15, 0.2) is 0 Å². The number of carbonyl (C=O) groups excluding carboxylic acids is 1. The number of rotatable bonds is 6.